The van der Waals surface area contributed by atoms with Crippen molar-refractivity contribution in [2.75, 3.05) is 13.2 Å². The van der Waals surface area contributed by atoms with E-state index >= 15 is 0 Å². The van der Waals surface area contributed by atoms with Crippen LogP contribution in [0.25, 0.3) is 0 Å². The first-order valence-corrected chi connectivity index (χ1v) is 7.39. The van der Waals surface area contributed by atoms with Crippen LogP contribution < -0.4 is 15.8 Å². The minimum Gasteiger partial charge on any atom is -0.492 e. The zero-order chi connectivity index (χ0) is 15.9. The monoisotopic (exact) mass is 302 g/mol. The highest BCUT2D eigenvalue weighted by Crippen LogP contribution is 2.17. The molecule has 1 amide bonds. The van der Waals surface area contributed by atoms with Crippen molar-refractivity contribution in [1.29, 1.82) is 0 Å². The molecule has 22 heavy (non-hydrogen) atoms. The summed E-state index contributed by atoms with van der Waals surface area (Å²) in [5.41, 5.74) is 6.93. The molecule has 2 rings (SSSR count). The van der Waals surface area contributed by atoms with Crippen molar-refractivity contribution in [2.45, 2.75) is 26.3 Å². The van der Waals surface area contributed by atoms with Crippen molar-refractivity contribution in [2.24, 2.45) is 5.73 Å². The number of amides is 1. The van der Waals surface area contributed by atoms with Gasteiger partial charge in [-0.1, -0.05) is 13.0 Å². The fourth-order valence-electron chi connectivity index (χ4n) is 2.12. The fourth-order valence-corrected chi connectivity index (χ4v) is 2.12. The van der Waals surface area contributed by atoms with Crippen LogP contribution in [0.5, 0.6) is 5.75 Å². The highest BCUT2D eigenvalue weighted by atomic mass is 16.5. The van der Waals surface area contributed by atoms with E-state index in [2.05, 4.69) is 15.3 Å². The number of aromatic amines is 1. The van der Waals surface area contributed by atoms with Crippen molar-refractivity contribution in [3.8, 4) is 5.75 Å². The maximum Gasteiger partial charge on any atom is 0.252 e. The first kappa shape index (κ1) is 16.0. The Hall–Kier alpha value is -2.34. The molecule has 1 aromatic heterocycles. The topological polar surface area (TPSA) is 93.0 Å². The molecule has 0 fully saturated rings. The summed E-state index contributed by atoms with van der Waals surface area (Å²) in [5, 5.41) is 2.98. The number of nitrogens with two attached hydrogens (primary N) is 1. The van der Waals surface area contributed by atoms with E-state index in [9.17, 15) is 4.79 Å². The summed E-state index contributed by atoms with van der Waals surface area (Å²) < 4.78 is 5.44. The predicted octanol–water partition coefficient (Wildman–Crippen LogP) is 1.94. The third-order valence-electron chi connectivity index (χ3n) is 3.25. The van der Waals surface area contributed by atoms with Crippen LogP contribution in [0.1, 0.15) is 41.3 Å². The number of carbonyl (C=O) groups excluding carboxylic acids is 1. The molecule has 0 saturated heterocycles. The lowest BCUT2D eigenvalue weighted by atomic mass is 10.1. The molecular weight excluding hydrogens is 280 g/mol. The summed E-state index contributed by atoms with van der Waals surface area (Å²) in [6, 6.07) is 6.92. The van der Waals surface area contributed by atoms with E-state index in [1.54, 1.807) is 30.5 Å². The van der Waals surface area contributed by atoms with Gasteiger partial charge in [0.15, 0.2) is 0 Å². The van der Waals surface area contributed by atoms with Crippen molar-refractivity contribution in [3.63, 3.8) is 0 Å². The van der Waals surface area contributed by atoms with Crippen LogP contribution in [0.3, 0.4) is 0 Å². The fraction of sp³-hybridized carbons (Fsp3) is 0.375. The molecular formula is C16H22N4O2. The van der Waals surface area contributed by atoms with Gasteiger partial charge < -0.3 is 20.8 Å². The van der Waals surface area contributed by atoms with E-state index in [-0.39, 0.29) is 11.9 Å². The first-order valence-electron chi connectivity index (χ1n) is 7.39. The van der Waals surface area contributed by atoms with Gasteiger partial charge in [0.1, 0.15) is 18.2 Å². The molecule has 6 heteroatoms. The Labute approximate surface area is 130 Å². The Balaban J connectivity index is 2.07. The van der Waals surface area contributed by atoms with Crippen molar-refractivity contribution >= 4 is 5.91 Å². The summed E-state index contributed by atoms with van der Waals surface area (Å²) in [7, 11) is 0. The maximum absolute atomic E-state index is 12.4. The van der Waals surface area contributed by atoms with Crippen LogP contribution in [-0.4, -0.2) is 29.0 Å². The number of rotatable bonds is 7. The van der Waals surface area contributed by atoms with E-state index in [4.69, 9.17) is 10.5 Å². The summed E-state index contributed by atoms with van der Waals surface area (Å²) >= 11 is 0. The molecule has 2 aromatic rings. The van der Waals surface area contributed by atoms with Gasteiger partial charge in [-0.3, -0.25) is 4.79 Å². The average Bonchev–Trinajstić information content (AvgIpc) is 2.97. The summed E-state index contributed by atoms with van der Waals surface area (Å²) in [5.74, 6) is 1.25. The molecule has 0 aliphatic carbocycles. The van der Waals surface area contributed by atoms with Crippen LogP contribution in [-0.2, 0) is 0 Å². The number of hydrogen-bond donors (Lipinski definition) is 3. The minimum atomic E-state index is -0.154. The number of aromatic nitrogens is 2. The number of H-pyrrole nitrogens is 1. The number of nitrogens with zero attached hydrogens (tertiary/aromatic N) is 1. The molecule has 0 spiro atoms. The van der Waals surface area contributed by atoms with Crippen LogP contribution in [0.15, 0.2) is 30.5 Å². The van der Waals surface area contributed by atoms with Crippen LogP contribution in [0.2, 0.25) is 0 Å². The van der Waals surface area contributed by atoms with Crippen LogP contribution in [0.4, 0.5) is 0 Å². The largest absolute Gasteiger partial charge is 0.492 e. The SMILES string of the molecule is CC[C@H](NC(=O)c1cccc(OCCN)c1)c1ncc(C)[nH]1. The molecule has 0 aliphatic rings. The summed E-state index contributed by atoms with van der Waals surface area (Å²) in [6.07, 6.45) is 2.51. The lowest BCUT2D eigenvalue weighted by molar-refractivity contribution is 0.0933. The Morgan fingerprint density at radius 2 is 2.32 bits per heavy atom. The summed E-state index contributed by atoms with van der Waals surface area (Å²) in [4.78, 5) is 19.8. The second kappa shape index (κ2) is 7.61. The molecule has 0 aliphatic heterocycles. The number of ether oxygens (including phenoxy) is 1. The Kier molecular flexibility index (Phi) is 5.55. The molecule has 118 valence electrons. The van der Waals surface area contributed by atoms with Gasteiger partial charge in [0.2, 0.25) is 0 Å². The molecule has 0 unspecified atom stereocenters. The molecule has 1 heterocycles. The third-order valence-corrected chi connectivity index (χ3v) is 3.25. The van der Waals surface area contributed by atoms with Gasteiger partial charge in [-0.15, -0.1) is 0 Å². The standard InChI is InChI=1S/C16H22N4O2/c1-3-14(15-18-10-11(2)19-15)20-16(21)12-5-4-6-13(9-12)22-8-7-17/h4-6,9-10,14H,3,7-8,17H2,1-2H3,(H,18,19)(H,20,21)/t14-/m0/s1. The average molecular weight is 302 g/mol. The lowest BCUT2D eigenvalue weighted by Gasteiger charge is -2.15. The van der Waals surface area contributed by atoms with Crippen molar-refractivity contribution < 1.29 is 9.53 Å². The van der Waals surface area contributed by atoms with Gasteiger partial charge in [0.05, 0.1) is 6.04 Å². The Bertz CT molecular complexity index is 624. The summed E-state index contributed by atoms with van der Waals surface area (Å²) in [6.45, 7) is 4.80. The minimum absolute atomic E-state index is 0.144. The quantitative estimate of drug-likeness (QED) is 0.728. The number of hydrogen-bond acceptors (Lipinski definition) is 4. The zero-order valence-electron chi connectivity index (χ0n) is 12.9. The van der Waals surface area contributed by atoms with E-state index in [1.165, 1.54) is 0 Å². The number of carbonyl (C=O) groups is 1. The Morgan fingerprint density at radius 3 is 2.95 bits per heavy atom. The Morgan fingerprint density at radius 1 is 1.50 bits per heavy atom. The van der Waals surface area contributed by atoms with Gasteiger partial charge in [-0.2, -0.15) is 0 Å². The van der Waals surface area contributed by atoms with Crippen LogP contribution in [0, 0.1) is 6.92 Å². The van der Waals surface area contributed by atoms with Crippen molar-refractivity contribution in [3.05, 3.63) is 47.5 Å². The lowest BCUT2D eigenvalue weighted by Crippen LogP contribution is -2.29. The number of aryl methyl sites for hydroxylation is 1. The molecule has 0 saturated carbocycles. The highest BCUT2D eigenvalue weighted by molar-refractivity contribution is 5.94. The van der Waals surface area contributed by atoms with Crippen molar-refractivity contribution in [1.82, 2.24) is 15.3 Å². The van der Waals surface area contributed by atoms with E-state index in [1.807, 2.05) is 13.8 Å². The molecule has 4 N–H and O–H groups in total. The van der Waals surface area contributed by atoms with E-state index in [0.717, 1.165) is 17.9 Å². The second-order valence-electron chi connectivity index (χ2n) is 5.05. The second-order valence-corrected chi connectivity index (χ2v) is 5.05. The number of nitrogens with one attached hydrogen (secondary N) is 2. The molecule has 0 radical (unpaired) electrons. The molecule has 1 atom stereocenters. The van der Waals surface area contributed by atoms with Gasteiger partial charge in [0, 0.05) is 24.0 Å². The maximum atomic E-state index is 12.4. The van der Waals surface area contributed by atoms with Gasteiger partial charge in [-0.25, -0.2) is 4.98 Å². The third kappa shape index (κ3) is 4.08. The molecule has 6 nitrogen and oxygen atoms in total. The van der Waals surface area contributed by atoms with E-state index in [0.29, 0.717) is 24.5 Å². The van der Waals surface area contributed by atoms with Gasteiger partial charge >= 0.3 is 0 Å². The molecule has 0 bridgehead atoms. The number of benzene rings is 1. The van der Waals surface area contributed by atoms with E-state index < -0.39 is 0 Å². The normalized spacial score (nSPS) is 12.0. The molecule has 1 aromatic carbocycles. The smallest absolute Gasteiger partial charge is 0.252 e. The predicted molar refractivity (Wildman–Crippen MR) is 84.8 cm³/mol. The highest BCUT2D eigenvalue weighted by Gasteiger charge is 2.16. The first-order chi connectivity index (χ1) is 10.6. The number of imidazole rings is 1. The van der Waals surface area contributed by atoms with Crippen LogP contribution >= 0.6 is 0 Å². The zero-order valence-corrected chi connectivity index (χ0v) is 12.9. The van der Waals surface area contributed by atoms with Gasteiger partial charge in [-0.05, 0) is 31.5 Å². The van der Waals surface area contributed by atoms with Gasteiger partial charge in [0.25, 0.3) is 5.91 Å².